The molecular formula is C33H41N5O5S. The molecule has 0 spiro atoms. The minimum Gasteiger partial charge on any atom is -0.468 e. The Bertz CT molecular complexity index is 1610. The van der Waals surface area contributed by atoms with Crippen LogP contribution in [0.25, 0.3) is 11.0 Å². The molecule has 0 aliphatic carbocycles. The predicted molar refractivity (Wildman–Crippen MR) is 170 cm³/mol. The van der Waals surface area contributed by atoms with Crippen LogP contribution in [0.1, 0.15) is 49.7 Å². The van der Waals surface area contributed by atoms with E-state index >= 15 is 0 Å². The Balaban J connectivity index is 1.51. The third-order valence-corrected chi connectivity index (χ3v) is 8.97. The highest BCUT2D eigenvalue weighted by Crippen LogP contribution is 2.23. The SMILES string of the molecule is COC(=O)[C@@H](CCNS(=O)(=O)c1ccc(C)cc1)N[C@@H](CCc1ccccc1)C(=O)NC(c1nc2ccccc2[nH]1)C(C)C. The highest BCUT2D eigenvalue weighted by Gasteiger charge is 2.30. The van der Waals surface area contributed by atoms with Gasteiger partial charge in [0.1, 0.15) is 11.9 Å². The molecule has 4 N–H and O–H groups in total. The Kier molecular flexibility index (Phi) is 11.3. The lowest BCUT2D eigenvalue weighted by Gasteiger charge is -2.27. The molecular weight excluding hydrogens is 578 g/mol. The number of carbonyl (C=O) groups excluding carboxylic acids is 2. The van der Waals surface area contributed by atoms with Crippen molar-refractivity contribution in [2.75, 3.05) is 13.7 Å². The molecule has 1 unspecified atom stereocenters. The zero-order valence-electron chi connectivity index (χ0n) is 25.5. The number of benzene rings is 3. The van der Waals surface area contributed by atoms with Gasteiger partial charge in [-0.15, -0.1) is 0 Å². The van der Waals surface area contributed by atoms with Crippen LogP contribution >= 0.6 is 0 Å². The average molecular weight is 620 g/mol. The quantitative estimate of drug-likeness (QED) is 0.146. The maximum Gasteiger partial charge on any atom is 0.322 e. The monoisotopic (exact) mass is 619 g/mol. The number of hydrogen-bond acceptors (Lipinski definition) is 7. The van der Waals surface area contributed by atoms with Crippen molar-refractivity contribution in [1.82, 2.24) is 25.3 Å². The first kappa shape index (κ1) is 32.8. The van der Waals surface area contributed by atoms with E-state index < -0.39 is 34.1 Å². The summed E-state index contributed by atoms with van der Waals surface area (Å²) >= 11 is 0. The molecule has 44 heavy (non-hydrogen) atoms. The van der Waals surface area contributed by atoms with Crippen molar-refractivity contribution in [1.29, 1.82) is 0 Å². The lowest BCUT2D eigenvalue weighted by Crippen LogP contribution is -2.53. The number of fused-ring (bicyclic) bond motifs is 1. The van der Waals surface area contributed by atoms with Crippen molar-refractivity contribution in [2.24, 2.45) is 5.92 Å². The third kappa shape index (κ3) is 8.75. The van der Waals surface area contributed by atoms with E-state index in [4.69, 9.17) is 9.72 Å². The van der Waals surface area contributed by atoms with Crippen molar-refractivity contribution in [3.8, 4) is 0 Å². The smallest absolute Gasteiger partial charge is 0.322 e. The minimum atomic E-state index is -3.78. The summed E-state index contributed by atoms with van der Waals surface area (Å²) in [5.41, 5.74) is 3.67. The van der Waals surface area contributed by atoms with Crippen LogP contribution < -0.4 is 15.4 Å². The molecule has 0 aliphatic heterocycles. The number of aromatic nitrogens is 2. The minimum absolute atomic E-state index is 0.0156. The number of sulfonamides is 1. The van der Waals surface area contributed by atoms with Gasteiger partial charge in [0.2, 0.25) is 15.9 Å². The fourth-order valence-corrected chi connectivity index (χ4v) is 6.01. The van der Waals surface area contributed by atoms with E-state index in [2.05, 4.69) is 20.3 Å². The number of aromatic amines is 1. The number of nitrogens with one attached hydrogen (secondary N) is 4. The maximum atomic E-state index is 13.9. The lowest BCUT2D eigenvalue weighted by atomic mass is 10.00. The zero-order valence-corrected chi connectivity index (χ0v) is 26.4. The van der Waals surface area contributed by atoms with E-state index in [1.165, 1.54) is 19.2 Å². The van der Waals surface area contributed by atoms with Gasteiger partial charge < -0.3 is 15.0 Å². The number of amides is 1. The number of H-pyrrole nitrogens is 1. The van der Waals surface area contributed by atoms with Crippen LogP contribution in [-0.4, -0.2) is 56.0 Å². The molecule has 0 saturated heterocycles. The molecule has 11 heteroatoms. The molecule has 0 aliphatic rings. The second-order valence-corrected chi connectivity index (χ2v) is 13.0. The molecule has 3 atom stereocenters. The maximum absolute atomic E-state index is 13.9. The summed E-state index contributed by atoms with van der Waals surface area (Å²) in [7, 11) is -2.52. The summed E-state index contributed by atoms with van der Waals surface area (Å²) in [5.74, 6) is -0.225. The van der Waals surface area contributed by atoms with Gasteiger partial charge in [0.05, 0.1) is 35.1 Å². The fourth-order valence-electron chi connectivity index (χ4n) is 4.96. The van der Waals surface area contributed by atoms with Crippen molar-refractivity contribution in [3.63, 3.8) is 0 Å². The van der Waals surface area contributed by atoms with Gasteiger partial charge in [-0.1, -0.05) is 74.0 Å². The fraction of sp³-hybridized carbons (Fsp3) is 0.364. The van der Waals surface area contributed by atoms with Gasteiger partial charge in [-0.2, -0.15) is 0 Å². The highest BCUT2D eigenvalue weighted by atomic mass is 32.2. The number of hydrogen-bond donors (Lipinski definition) is 4. The second kappa shape index (κ2) is 15.1. The molecule has 0 radical (unpaired) electrons. The lowest BCUT2D eigenvalue weighted by molar-refractivity contribution is -0.143. The van der Waals surface area contributed by atoms with Crippen LogP contribution in [0.4, 0.5) is 0 Å². The summed E-state index contributed by atoms with van der Waals surface area (Å²) < 4.78 is 33.2. The van der Waals surface area contributed by atoms with E-state index in [9.17, 15) is 18.0 Å². The molecule has 0 bridgehead atoms. The van der Waals surface area contributed by atoms with E-state index in [1.807, 2.05) is 75.4 Å². The molecule has 1 amide bonds. The second-order valence-electron chi connectivity index (χ2n) is 11.2. The summed E-state index contributed by atoms with van der Waals surface area (Å²) in [4.78, 5) is 34.9. The Labute approximate surface area is 259 Å². The Hall–Kier alpha value is -4.06. The van der Waals surface area contributed by atoms with Crippen LogP contribution in [0, 0.1) is 12.8 Å². The normalized spacial score (nSPS) is 13.8. The molecule has 10 nitrogen and oxygen atoms in total. The van der Waals surface area contributed by atoms with Gasteiger partial charge in [0.15, 0.2) is 0 Å². The van der Waals surface area contributed by atoms with Crippen LogP contribution in [-0.2, 0) is 30.8 Å². The Morgan fingerprint density at radius 2 is 1.59 bits per heavy atom. The van der Waals surface area contributed by atoms with Gasteiger partial charge in [0, 0.05) is 6.54 Å². The van der Waals surface area contributed by atoms with E-state index in [1.54, 1.807) is 12.1 Å². The van der Waals surface area contributed by atoms with Gasteiger partial charge in [-0.05, 0) is 61.9 Å². The third-order valence-electron chi connectivity index (χ3n) is 7.49. The van der Waals surface area contributed by atoms with E-state index in [0.29, 0.717) is 18.7 Å². The zero-order chi connectivity index (χ0) is 31.7. The molecule has 4 aromatic rings. The Morgan fingerprint density at radius 3 is 2.25 bits per heavy atom. The number of imidazole rings is 1. The highest BCUT2D eigenvalue weighted by molar-refractivity contribution is 7.89. The number of esters is 1. The molecule has 1 heterocycles. The van der Waals surface area contributed by atoms with Crippen molar-refractivity contribution < 1.29 is 22.7 Å². The van der Waals surface area contributed by atoms with Crippen LogP contribution in [0.3, 0.4) is 0 Å². The van der Waals surface area contributed by atoms with Crippen molar-refractivity contribution >= 4 is 32.9 Å². The molecule has 0 fully saturated rings. The Morgan fingerprint density at radius 1 is 0.909 bits per heavy atom. The number of aryl methyl sites for hydroxylation is 2. The number of carbonyl (C=O) groups is 2. The molecule has 0 saturated carbocycles. The van der Waals surface area contributed by atoms with Gasteiger partial charge in [0.25, 0.3) is 0 Å². The van der Waals surface area contributed by atoms with E-state index in [-0.39, 0.29) is 29.7 Å². The topological polar surface area (TPSA) is 142 Å². The number of methoxy groups -OCH3 is 1. The summed E-state index contributed by atoms with van der Waals surface area (Å²) in [6.45, 7) is 5.84. The number of ether oxygens (including phenoxy) is 1. The van der Waals surface area contributed by atoms with Gasteiger partial charge in [-0.25, -0.2) is 18.1 Å². The van der Waals surface area contributed by atoms with E-state index in [0.717, 1.165) is 22.2 Å². The van der Waals surface area contributed by atoms with Gasteiger partial charge >= 0.3 is 5.97 Å². The molecule has 4 rings (SSSR count). The summed E-state index contributed by atoms with van der Waals surface area (Å²) in [5, 5.41) is 6.32. The van der Waals surface area contributed by atoms with Crippen LogP contribution in [0.2, 0.25) is 0 Å². The summed E-state index contributed by atoms with van der Waals surface area (Å²) in [6, 6.07) is 21.8. The van der Waals surface area contributed by atoms with Crippen molar-refractivity contribution in [3.05, 3.63) is 95.8 Å². The molecule has 3 aromatic carbocycles. The van der Waals surface area contributed by atoms with Crippen LogP contribution in [0.5, 0.6) is 0 Å². The molecule has 234 valence electrons. The first-order chi connectivity index (χ1) is 21.1. The first-order valence-electron chi connectivity index (χ1n) is 14.8. The van der Waals surface area contributed by atoms with Crippen molar-refractivity contribution in [2.45, 2.75) is 63.1 Å². The predicted octanol–water partition coefficient (Wildman–Crippen LogP) is 4.19. The average Bonchev–Trinajstić information content (AvgIpc) is 3.45. The largest absolute Gasteiger partial charge is 0.468 e. The number of rotatable bonds is 15. The number of nitrogens with zero attached hydrogens (tertiary/aromatic N) is 1. The van der Waals surface area contributed by atoms with Gasteiger partial charge in [-0.3, -0.25) is 14.9 Å². The first-order valence-corrected chi connectivity index (χ1v) is 16.2. The summed E-state index contributed by atoms with van der Waals surface area (Å²) in [6.07, 6.45) is 1.05. The number of para-hydroxylation sites is 2. The van der Waals surface area contributed by atoms with Crippen LogP contribution in [0.15, 0.2) is 83.8 Å². The standard InChI is InChI=1S/C33H41N5O5S/c1-22(2)30(31-36-26-12-8-9-13-27(26)37-31)38-32(39)28(19-16-24-10-6-5-7-11-24)35-29(33(40)43-4)20-21-34-44(41,42)25-17-14-23(3)15-18-25/h5-15,17-18,22,28-30,34-35H,16,19-21H2,1-4H3,(H,36,37)(H,38,39)/t28-,29+,30?/m0/s1. The molecule has 1 aromatic heterocycles.